The minimum atomic E-state index is -0.559. The number of nitrogen functional groups attached to an aromatic ring is 1. The molecule has 1 aromatic rings. The van der Waals surface area contributed by atoms with E-state index in [0.717, 1.165) is 19.3 Å². The molecule has 1 amide bonds. The normalized spacial score (nSPS) is 22.2. The third-order valence-electron chi connectivity index (χ3n) is 3.66. The number of rotatable bonds is 3. The summed E-state index contributed by atoms with van der Waals surface area (Å²) in [6.45, 7) is 2.11. The summed E-state index contributed by atoms with van der Waals surface area (Å²) in [7, 11) is 0. The number of benzene rings is 1. The molecular weight excluding hydrogens is 246 g/mol. The molecule has 0 radical (unpaired) electrons. The van der Waals surface area contributed by atoms with Crippen molar-refractivity contribution in [1.29, 1.82) is 0 Å². The number of nitrogens with zero attached hydrogens (tertiary/aromatic N) is 1. The van der Waals surface area contributed by atoms with Gasteiger partial charge in [0, 0.05) is 17.7 Å². The van der Waals surface area contributed by atoms with Crippen molar-refractivity contribution >= 4 is 17.3 Å². The number of hydrogen-bond donors (Lipinski definition) is 2. The molecule has 1 fully saturated rings. The summed E-state index contributed by atoms with van der Waals surface area (Å²) in [6.07, 6.45) is 3.22. The van der Waals surface area contributed by atoms with Gasteiger partial charge >= 0.3 is 0 Å². The van der Waals surface area contributed by atoms with Crippen molar-refractivity contribution in [2.24, 2.45) is 5.92 Å². The minimum absolute atomic E-state index is 0.0112. The number of hydrogen-bond acceptors (Lipinski definition) is 4. The van der Waals surface area contributed by atoms with Crippen molar-refractivity contribution in [3.8, 4) is 0 Å². The van der Waals surface area contributed by atoms with Gasteiger partial charge in [-0.1, -0.05) is 13.3 Å². The van der Waals surface area contributed by atoms with E-state index < -0.39 is 4.92 Å². The standard InChI is InChI=1S/C13H17N3O3/c1-8-3-2-4-11(8)15-13(17)9-5-6-12(16(18)19)10(14)7-9/h5-8,11H,2-4,14H2,1H3,(H,15,17). The number of nitrogens with one attached hydrogen (secondary N) is 1. The Bertz CT molecular complexity index is 516. The van der Waals surface area contributed by atoms with Gasteiger partial charge in [-0.25, -0.2) is 0 Å². The van der Waals surface area contributed by atoms with E-state index in [4.69, 9.17) is 5.73 Å². The molecule has 6 heteroatoms. The van der Waals surface area contributed by atoms with Crippen molar-refractivity contribution in [3.63, 3.8) is 0 Å². The number of nitrogens with two attached hydrogens (primary N) is 1. The second-order valence-corrected chi connectivity index (χ2v) is 5.02. The Morgan fingerprint density at radius 1 is 1.47 bits per heavy atom. The van der Waals surface area contributed by atoms with Crippen molar-refractivity contribution in [1.82, 2.24) is 5.32 Å². The first-order valence-corrected chi connectivity index (χ1v) is 6.34. The molecule has 1 aliphatic carbocycles. The van der Waals surface area contributed by atoms with Crippen LogP contribution in [0.3, 0.4) is 0 Å². The fourth-order valence-electron chi connectivity index (χ4n) is 2.47. The zero-order valence-electron chi connectivity index (χ0n) is 10.8. The predicted octanol–water partition coefficient (Wildman–Crippen LogP) is 2.10. The lowest BCUT2D eigenvalue weighted by Crippen LogP contribution is -2.36. The summed E-state index contributed by atoms with van der Waals surface area (Å²) in [5, 5.41) is 13.6. The lowest BCUT2D eigenvalue weighted by Gasteiger charge is -2.17. The zero-order chi connectivity index (χ0) is 14.0. The van der Waals surface area contributed by atoms with Gasteiger partial charge in [-0.3, -0.25) is 14.9 Å². The van der Waals surface area contributed by atoms with Gasteiger partial charge < -0.3 is 11.1 Å². The number of nitro groups is 1. The quantitative estimate of drug-likeness (QED) is 0.495. The molecule has 1 aromatic carbocycles. The highest BCUT2D eigenvalue weighted by Gasteiger charge is 2.25. The zero-order valence-corrected chi connectivity index (χ0v) is 10.8. The average molecular weight is 263 g/mol. The molecule has 0 saturated heterocycles. The Kier molecular flexibility index (Phi) is 3.69. The summed E-state index contributed by atoms with van der Waals surface area (Å²) in [6, 6.07) is 4.24. The highest BCUT2D eigenvalue weighted by Crippen LogP contribution is 2.26. The number of carbonyl (C=O) groups excluding carboxylic acids is 1. The van der Waals surface area contributed by atoms with Crippen LogP contribution in [0.25, 0.3) is 0 Å². The van der Waals surface area contributed by atoms with Gasteiger partial charge in [-0.05, 0) is 30.9 Å². The van der Waals surface area contributed by atoms with Gasteiger partial charge in [0.1, 0.15) is 5.69 Å². The van der Waals surface area contributed by atoms with Crippen molar-refractivity contribution in [2.75, 3.05) is 5.73 Å². The molecule has 0 heterocycles. The van der Waals surface area contributed by atoms with Crippen molar-refractivity contribution < 1.29 is 9.72 Å². The average Bonchev–Trinajstić information content (AvgIpc) is 2.74. The van der Waals surface area contributed by atoms with E-state index in [0.29, 0.717) is 11.5 Å². The molecule has 0 spiro atoms. The first-order chi connectivity index (χ1) is 8.99. The van der Waals surface area contributed by atoms with E-state index in [-0.39, 0.29) is 23.3 Å². The number of anilines is 1. The smallest absolute Gasteiger partial charge is 0.292 e. The van der Waals surface area contributed by atoms with Crippen LogP contribution < -0.4 is 11.1 Å². The fourth-order valence-corrected chi connectivity index (χ4v) is 2.47. The molecule has 1 saturated carbocycles. The Morgan fingerprint density at radius 2 is 2.21 bits per heavy atom. The molecular formula is C13H17N3O3. The maximum Gasteiger partial charge on any atom is 0.292 e. The molecule has 0 aliphatic heterocycles. The molecule has 19 heavy (non-hydrogen) atoms. The van der Waals surface area contributed by atoms with E-state index >= 15 is 0 Å². The van der Waals surface area contributed by atoms with Crippen molar-refractivity contribution in [2.45, 2.75) is 32.2 Å². The SMILES string of the molecule is CC1CCCC1NC(=O)c1ccc([N+](=O)[O-])c(N)c1. The summed E-state index contributed by atoms with van der Waals surface area (Å²) in [5.41, 5.74) is 5.77. The summed E-state index contributed by atoms with van der Waals surface area (Å²) < 4.78 is 0. The maximum atomic E-state index is 12.0. The Morgan fingerprint density at radius 3 is 2.74 bits per heavy atom. The van der Waals surface area contributed by atoms with Crippen LogP contribution in [-0.4, -0.2) is 16.9 Å². The second kappa shape index (κ2) is 5.26. The molecule has 102 valence electrons. The third-order valence-corrected chi connectivity index (χ3v) is 3.66. The Balaban J connectivity index is 2.11. The van der Waals surface area contributed by atoms with Crippen LogP contribution in [-0.2, 0) is 0 Å². The van der Waals surface area contributed by atoms with Crippen LogP contribution in [0, 0.1) is 16.0 Å². The van der Waals surface area contributed by atoms with Crippen LogP contribution >= 0.6 is 0 Å². The van der Waals surface area contributed by atoms with Gasteiger partial charge in [-0.2, -0.15) is 0 Å². The molecule has 0 aromatic heterocycles. The van der Waals surface area contributed by atoms with Gasteiger partial charge in [0.15, 0.2) is 0 Å². The van der Waals surface area contributed by atoms with E-state index in [9.17, 15) is 14.9 Å². The van der Waals surface area contributed by atoms with E-state index in [1.165, 1.54) is 18.2 Å². The molecule has 6 nitrogen and oxygen atoms in total. The first-order valence-electron chi connectivity index (χ1n) is 6.34. The monoisotopic (exact) mass is 263 g/mol. The topological polar surface area (TPSA) is 98.3 Å². The van der Waals surface area contributed by atoms with Crippen LogP contribution in [0.15, 0.2) is 18.2 Å². The number of amides is 1. The molecule has 0 bridgehead atoms. The van der Waals surface area contributed by atoms with Crippen LogP contribution in [0.2, 0.25) is 0 Å². The van der Waals surface area contributed by atoms with Crippen LogP contribution in [0.1, 0.15) is 36.5 Å². The summed E-state index contributed by atoms with van der Waals surface area (Å²) in [4.78, 5) is 22.1. The van der Waals surface area contributed by atoms with E-state index in [2.05, 4.69) is 12.2 Å². The molecule has 1 aliphatic rings. The van der Waals surface area contributed by atoms with Crippen molar-refractivity contribution in [3.05, 3.63) is 33.9 Å². The molecule has 2 unspecified atom stereocenters. The molecule has 2 rings (SSSR count). The molecule has 2 atom stereocenters. The summed E-state index contributed by atoms with van der Waals surface area (Å²) in [5.74, 6) is 0.250. The minimum Gasteiger partial charge on any atom is -0.393 e. The van der Waals surface area contributed by atoms with Crippen LogP contribution in [0.4, 0.5) is 11.4 Å². The lowest BCUT2D eigenvalue weighted by atomic mass is 10.1. The number of nitro benzene ring substituents is 1. The van der Waals surface area contributed by atoms with E-state index in [1.54, 1.807) is 0 Å². The predicted molar refractivity (Wildman–Crippen MR) is 71.8 cm³/mol. The maximum absolute atomic E-state index is 12.0. The van der Waals surface area contributed by atoms with E-state index in [1.807, 2.05) is 0 Å². The highest BCUT2D eigenvalue weighted by atomic mass is 16.6. The Labute approximate surface area is 111 Å². The van der Waals surface area contributed by atoms with Gasteiger partial charge in [0.25, 0.3) is 11.6 Å². The van der Waals surface area contributed by atoms with Gasteiger partial charge in [-0.15, -0.1) is 0 Å². The Hall–Kier alpha value is -2.11. The highest BCUT2D eigenvalue weighted by molar-refractivity contribution is 5.95. The van der Waals surface area contributed by atoms with Gasteiger partial charge in [0.05, 0.1) is 4.92 Å². The fraction of sp³-hybridized carbons (Fsp3) is 0.462. The van der Waals surface area contributed by atoms with Crippen LogP contribution in [0.5, 0.6) is 0 Å². The first kappa shape index (κ1) is 13.3. The van der Waals surface area contributed by atoms with Gasteiger partial charge in [0.2, 0.25) is 0 Å². The third kappa shape index (κ3) is 2.83. The number of carbonyl (C=O) groups is 1. The second-order valence-electron chi connectivity index (χ2n) is 5.02. The molecule has 3 N–H and O–H groups in total. The summed E-state index contributed by atoms with van der Waals surface area (Å²) >= 11 is 0. The lowest BCUT2D eigenvalue weighted by molar-refractivity contribution is -0.383. The largest absolute Gasteiger partial charge is 0.393 e.